The number of aliphatic hydroxyl groups excluding tert-OH is 1. The number of pyridine rings is 1. The number of rotatable bonds is 4. The first-order valence-corrected chi connectivity index (χ1v) is 4.50. The quantitative estimate of drug-likeness (QED) is 0.773. The Kier molecular flexibility index (Phi) is 3.83. The Morgan fingerprint density at radius 1 is 1.62 bits per heavy atom. The predicted octanol–water partition coefficient (Wildman–Crippen LogP) is 1.92. The van der Waals surface area contributed by atoms with Crippen molar-refractivity contribution in [3.63, 3.8) is 0 Å². The number of halogens is 1. The number of aromatic nitrogens is 1. The molecule has 0 fully saturated rings. The first kappa shape index (κ1) is 10.1. The lowest BCUT2D eigenvalue weighted by Crippen LogP contribution is -2.06. The molecule has 0 amide bonds. The molecular weight excluding hydrogens is 169 g/mol. The summed E-state index contributed by atoms with van der Waals surface area (Å²) in [5.74, 6) is -0.286. The van der Waals surface area contributed by atoms with Crippen molar-refractivity contribution >= 4 is 0 Å². The van der Waals surface area contributed by atoms with Crippen molar-refractivity contribution < 1.29 is 9.50 Å². The van der Waals surface area contributed by atoms with Crippen LogP contribution in [0.2, 0.25) is 0 Å². The summed E-state index contributed by atoms with van der Waals surface area (Å²) in [5.41, 5.74) is 0.627. The highest BCUT2D eigenvalue weighted by molar-refractivity contribution is 5.12. The third-order valence-corrected chi connectivity index (χ3v) is 2.07. The number of hydrogen-bond acceptors (Lipinski definition) is 2. The van der Waals surface area contributed by atoms with Crippen molar-refractivity contribution in [3.05, 3.63) is 29.8 Å². The number of aliphatic hydroxyl groups is 1. The van der Waals surface area contributed by atoms with Crippen molar-refractivity contribution in [2.45, 2.75) is 32.3 Å². The van der Waals surface area contributed by atoms with Crippen LogP contribution >= 0.6 is 0 Å². The fraction of sp³-hybridized carbons (Fsp3) is 0.500. The van der Waals surface area contributed by atoms with Crippen LogP contribution in [0, 0.1) is 5.82 Å². The van der Waals surface area contributed by atoms with Gasteiger partial charge in [0, 0.05) is 6.20 Å². The maximum Gasteiger partial charge on any atom is 0.144 e. The van der Waals surface area contributed by atoms with E-state index in [1.165, 1.54) is 6.20 Å². The zero-order chi connectivity index (χ0) is 9.68. The summed E-state index contributed by atoms with van der Waals surface area (Å²) in [5, 5.41) is 9.27. The van der Waals surface area contributed by atoms with Gasteiger partial charge in [-0.15, -0.1) is 0 Å². The fourth-order valence-electron chi connectivity index (χ4n) is 1.13. The van der Waals surface area contributed by atoms with Gasteiger partial charge in [0.05, 0.1) is 12.3 Å². The average molecular weight is 183 g/mol. The Hall–Kier alpha value is -0.960. The molecule has 0 spiro atoms. The van der Waals surface area contributed by atoms with Gasteiger partial charge in [-0.25, -0.2) is 4.39 Å². The molecule has 1 heterocycles. The molecule has 0 aromatic carbocycles. The lowest BCUT2D eigenvalue weighted by Gasteiger charge is -2.07. The second-order valence-electron chi connectivity index (χ2n) is 3.07. The Bertz CT molecular complexity index is 265. The van der Waals surface area contributed by atoms with E-state index in [-0.39, 0.29) is 11.9 Å². The van der Waals surface area contributed by atoms with Crippen LogP contribution in [0.1, 0.15) is 25.3 Å². The lowest BCUT2D eigenvalue weighted by molar-refractivity contribution is 0.160. The molecule has 2 nitrogen and oxygen atoms in total. The van der Waals surface area contributed by atoms with Crippen LogP contribution in [0.25, 0.3) is 0 Å². The molecule has 1 atom stereocenters. The Morgan fingerprint density at radius 3 is 3.00 bits per heavy atom. The third kappa shape index (κ3) is 3.11. The molecule has 0 aliphatic carbocycles. The maximum atomic E-state index is 13.0. The van der Waals surface area contributed by atoms with Crippen molar-refractivity contribution in [2.24, 2.45) is 0 Å². The van der Waals surface area contributed by atoms with E-state index in [1.54, 1.807) is 12.3 Å². The first-order chi connectivity index (χ1) is 6.24. The fourth-order valence-corrected chi connectivity index (χ4v) is 1.13. The van der Waals surface area contributed by atoms with Crippen LogP contribution in [0.5, 0.6) is 0 Å². The van der Waals surface area contributed by atoms with E-state index >= 15 is 0 Å². The van der Waals surface area contributed by atoms with Crippen LogP contribution < -0.4 is 0 Å². The Balaban J connectivity index is 2.50. The second-order valence-corrected chi connectivity index (χ2v) is 3.07. The van der Waals surface area contributed by atoms with Gasteiger partial charge >= 0.3 is 0 Å². The van der Waals surface area contributed by atoms with Crippen molar-refractivity contribution in [3.8, 4) is 0 Å². The van der Waals surface area contributed by atoms with Gasteiger partial charge in [0.2, 0.25) is 0 Å². The van der Waals surface area contributed by atoms with E-state index in [0.717, 1.165) is 0 Å². The molecule has 0 aliphatic heterocycles. The van der Waals surface area contributed by atoms with E-state index < -0.39 is 0 Å². The smallest absolute Gasteiger partial charge is 0.144 e. The molecule has 0 aliphatic rings. The topological polar surface area (TPSA) is 33.1 Å². The first-order valence-electron chi connectivity index (χ1n) is 4.50. The molecule has 3 heteroatoms. The molecular formula is C10H14FNO. The lowest BCUT2D eigenvalue weighted by atomic mass is 10.1. The van der Waals surface area contributed by atoms with E-state index in [1.807, 2.05) is 6.92 Å². The number of hydrogen-bond donors (Lipinski definition) is 1. The van der Waals surface area contributed by atoms with Gasteiger partial charge in [-0.05, 0) is 30.9 Å². The van der Waals surface area contributed by atoms with Crippen LogP contribution in [0.15, 0.2) is 18.5 Å². The van der Waals surface area contributed by atoms with Crippen molar-refractivity contribution in [1.82, 2.24) is 4.98 Å². The maximum absolute atomic E-state index is 13.0. The molecule has 0 saturated heterocycles. The standard InChI is InChI=1S/C10H14FNO/c1-2-9(13)4-3-8-5-6-12-7-10(8)11/h5-7,9,13H,2-4H2,1H3. The number of nitrogens with zero attached hydrogens (tertiary/aromatic N) is 1. The van der Waals surface area contributed by atoms with Gasteiger partial charge in [-0.3, -0.25) is 4.98 Å². The van der Waals surface area contributed by atoms with Crippen molar-refractivity contribution in [2.75, 3.05) is 0 Å². The van der Waals surface area contributed by atoms with Gasteiger partial charge in [-0.2, -0.15) is 0 Å². The summed E-state index contributed by atoms with van der Waals surface area (Å²) in [6.45, 7) is 1.91. The Labute approximate surface area is 77.4 Å². The van der Waals surface area contributed by atoms with Gasteiger partial charge in [0.1, 0.15) is 5.82 Å². The molecule has 1 N–H and O–H groups in total. The van der Waals surface area contributed by atoms with E-state index in [9.17, 15) is 9.50 Å². The monoisotopic (exact) mass is 183 g/mol. The van der Waals surface area contributed by atoms with Crippen LogP contribution in [0.4, 0.5) is 4.39 Å². The minimum absolute atomic E-state index is 0.286. The van der Waals surface area contributed by atoms with Gasteiger partial charge in [-0.1, -0.05) is 6.92 Å². The van der Waals surface area contributed by atoms with E-state index in [0.29, 0.717) is 24.8 Å². The molecule has 1 aromatic rings. The summed E-state index contributed by atoms with van der Waals surface area (Å²) in [4.78, 5) is 3.65. The minimum Gasteiger partial charge on any atom is -0.393 e. The highest BCUT2D eigenvalue weighted by atomic mass is 19.1. The average Bonchev–Trinajstić information content (AvgIpc) is 2.16. The van der Waals surface area contributed by atoms with Gasteiger partial charge in [0.25, 0.3) is 0 Å². The predicted molar refractivity (Wildman–Crippen MR) is 48.8 cm³/mol. The summed E-state index contributed by atoms with van der Waals surface area (Å²) in [6.07, 6.45) is 4.34. The molecule has 13 heavy (non-hydrogen) atoms. The van der Waals surface area contributed by atoms with Gasteiger partial charge in [0.15, 0.2) is 0 Å². The molecule has 1 rings (SSSR count). The molecule has 1 unspecified atom stereocenters. The van der Waals surface area contributed by atoms with Crippen LogP contribution in [-0.4, -0.2) is 16.2 Å². The summed E-state index contributed by atoms with van der Waals surface area (Å²) in [7, 11) is 0. The third-order valence-electron chi connectivity index (χ3n) is 2.07. The van der Waals surface area contributed by atoms with E-state index in [2.05, 4.69) is 4.98 Å². The summed E-state index contributed by atoms with van der Waals surface area (Å²) in [6, 6.07) is 1.65. The normalized spacial score (nSPS) is 12.8. The van der Waals surface area contributed by atoms with Crippen LogP contribution in [0.3, 0.4) is 0 Å². The van der Waals surface area contributed by atoms with E-state index in [4.69, 9.17) is 0 Å². The molecule has 0 saturated carbocycles. The highest BCUT2D eigenvalue weighted by Crippen LogP contribution is 2.09. The van der Waals surface area contributed by atoms with Crippen LogP contribution in [-0.2, 0) is 6.42 Å². The van der Waals surface area contributed by atoms with Gasteiger partial charge < -0.3 is 5.11 Å². The summed E-state index contributed by atoms with van der Waals surface area (Å²) >= 11 is 0. The second kappa shape index (κ2) is 4.92. The molecule has 1 aromatic heterocycles. The zero-order valence-corrected chi connectivity index (χ0v) is 7.70. The largest absolute Gasteiger partial charge is 0.393 e. The van der Waals surface area contributed by atoms with Crippen molar-refractivity contribution in [1.29, 1.82) is 0 Å². The number of aryl methyl sites for hydroxylation is 1. The zero-order valence-electron chi connectivity index (χ0n) is 7.70. The SMILES string of the molecule is CCC(O)CCc1ccncc1F. The highest BCUT2D eigenvalue weighted by Gasteiger charge is 2.04. The minimum atomic E-state index is -0.326. The molecule has 0 bridgehead atoms. The Morgan fingerprint density at radius 2 is 2.38 bits per heavy atom. The summed E-state index contributed by atoms with van der Waals surface area (Å²) < 4.78 is 13.0. The molecule has 72 valence electrons. The molecule has 0 radical (unpaired) electrons.